The Morgan fingerprint density at radius 1 is 0.897 bits per heavy atom. The van der Waals surface area contributed by atoms with Crippen LogP contribution in [0.25, 0.3) is 10.9 Å². The Labute approximate surface area is 229 Å². The van der Waals surface area contributed by atoms with Gasteiger partial charge in [0.05, 0.1) is 16.0 Å². The second kappa shape index (κ2) is 12.1. The maximum Gasteiger partial charge on any atom is 0.339 e. The molecule has 0 fully saturated rings. The number of nitro benzene ring substituents is 1. The number of nitrogens with one attached hydrogen (secondary N) is 1. The van der Waals surface area contributed by atoms with Gasteiger partial charge in [-0.3, -0.25) is 19.9 Å². The number of rotatable bonds is 7. The van der Waals surface area contributed by atoms with Gasteiger partial charge < -0.3 is 10.1 Å². The van der Waals surface area contributed by atoms with Crippen molar-refractivity contribution in [1.82, 2.24) is 4.98 Å². The predicted molar refractivity (Wildman–Crippen MR) is 150 cm³/mol. The minimum absolute atomic E-state index is 0.0426. The van der Waals surface area contributed by atoms with Crippen LogP contribution in [-0.4, -0.2) is 28.4 Å². The third kappa shape index (κ3) is 6.43. The Morgan fingerprint density at radius 3 is 2.28 bits per heavy atom. The third-order valence-corrected chi connectivity index (χ3v) is 7.64. The average molecular weight is 542 g/mol. The number of ether oxygens (including phenoxy) is 1. The monoisotopic (exact) mass is 541 g/mol. The van der Waals surface area contributed by atoms with E-state index in [4.69, 9.17) is 9.72 Å². The van der Waals surface area contributed by atoms with Gasteiger partial charge in [0.1, 0.15) is 0 Å². The lowest BCUT2D eigenvalue weighted by atomic mass is 9.91. The number of benzene rings is 3. The van der Waals surface area contributed by atoms with Crippen molar-refractivity contribution >= 4 is 45.9 Å². The predicted octanol–water partition coefficient (Wildman–Crippen LogP) is 6.75. The highest BCUT2D eigenvalue weighted by atomic mass is 32.2. The summed E-state index contributed by atoms with van der Waals surface area (Å²) in [6.45, 7) is -0.399. The Morgan fingerprint density at radius 2 is 1.56 bits per heavy atom. The highest BCUT2D eigenvalue weighted by molar-refractivity contribution is 7.99. The van der Waals surface area contributed by atoms with Gasteiger partial charge in [0, 0.05) is 38.7 Å². The van der Waals surface area contributed by atoms with Gasteiger partial charge in [0.25, 0.3) is 11.6 Å². The van der Waals surface area contributed by atoms with Crippen LogP contribution in [0.15, 0.2) is 82.6 Å². The van der Waals surface area contributed by atoms with E-state index in [1.807, 2.05) is 36.4 Å². The molecule has 0 bridgehead atoms. The summed E-state index contributed by atoms with van der Waals surface area (Å²) in [5.74, 6) is -0.934. The van der Waals surface area contributed by atoms with Crippen molar-refractivity contribution in [2.45, 2.75) is 48.3 Å². The molecule has 1 N–H and O–H groups in total. The fraction of sp³-hybridized carbons (Fsp3) is 0.233. The molecule has 1 aliphatic carbocycles. The second-order valence-corrected chi connectivity index (χ2v) is 10.5. The lowest BCUT2D eigenvalue weighted by molar-refractivity contribution is -0.384. The number of aryl methyl sites for hydroxylation is 1. The number of esters is 1. The Hall–Kier alpha value is -4.24. The molecule has 0 spiro atoms. The van der Waals surface area contributed by atoms with Crippen LogP contribution in [0.2, 0.25) is 0 Å². The van der Waals surface area contributed by atoms with Crippen LogP contribution in [0.5, 0.6) is 0 Å². The van der Waals surface area contributed by atoms with Crippen LogP contribution in [0.3, 0.4) is 0 Å². The number of aromatic nitrogens is 1. The average Bonchev–Trinajstić information content (AvgIpc) is 2.93. The number of amides is 1. The first kappa shape index (κ1) is 26.4. The van der Waals surface area contributed by atoms with E-state index in [9.17, 15) is 19.7 Å². The van der Waals surface area contributed by atoms with Gasteiger partial charge in [-0.2, -0.15) is 0 Å². The zero-order valence-electron chi connectivity index (χ0n) is 21.2. The van der Waals surface area contributed by atoms with Crippen molar-refractivity contribution in [3.8, 4) is 0 Å². The minimum atomic E-state index is -0.504. The Kier molecular flexibility index (Phi) is 8.17. The molecule has 0 radical (unpaired) electrons. The Bertz CT molecular complexity index is 1520. The summed E-state index contributed by atoms with van der Waals surface area (Å²) >= 11 is 1.45. The molecule has 0 unspecified atom stereocenters. The molecule has 8 nitrogen and oxygen atoms in total. The number of hydrogen-bond donors (Lipinski definition) is 1. The van der Waals surface area contributed by atoms with E-state index in [2.05, 4.69) is 5.32 Å². The SMILES string of the molecule is O=C(COC(=O)c1c2c(nc3ccccc13)CCCCCC2)Nc1ccc(Sc2ccc([N+](=O)[O-])cc2)cc1. The number of carbonyl (C=O) groups excluding carboxylic acids is 2. The van der Waals surface area contributed by atoms with E-state index in [0.29, 0.717) is 11.3 Å². The van der Waals surface area contributed by atoms with Crippen molar-refractivity contribution in [2.24, 2.45) is 0 Å². The quantitative estimate of drug-likeness (QED) is 0.156. The topological polar surface area (TPSA) is 111 Å². The molecule has 4 aromatic rings. The van der Waals surface area contributed by atoms with Crippen molar-refractivity contribution in [3.05, 3.63) is 99.7 Å². The van der Waals surface area contributed by atoms with Crippen LogP contribution in [-0.2, 0) is 22.4 Å². The van der Waals surface area contributed by atoms with Crippen LogP contribution in [0.1, 0.15) is 47.3 Å². The number of nitrogens with zero attached hydrogens (tertiary/aromatic N) is 2. The van der Waals surface area contributed by atoms with Gasteiger partial charge in [0.2, 0.25) is 0 Å². The summed E-state index contributed by atoms with van der Waals surface area (Å²) in [4.78, 5) is 42.9. The molecule has 0 atom stereocenters. The largest absolute Gasteiger partial charge is 0.452 e. The number of fused-ring (bicyclic) bond motifs is 2. The lowest BCUT2D eigenvalue weighted by Crippen LogP contribution is -2.22. The molecular formula is C30H27N3O5S. The van der Waals surface area contributed by atoms with Gasteiger partial charge in [-0.15, -0.1) is 0 Å². The zero-order chi connectivity index (χ0) is 27.2. The molecule has 1 aliphatic rings. The molecule has 0 saturated carbocycles. The van der Waals surface area contributed by atoms with Gasteiger partial charge in [0.15, 0.2) is 6.61 Å². The molecule has 5 rings (SSSR count). The number of para-hydroxylation sites is 1. The number of non-ortho nitro benzene ring substituents is 1. The van der Waals surface area contributed by atoms with Gasteiger partial charge >= 0.3 is 5.97 Å². The molecule has 198 valence electrons. The third-order valence-electron chi connectivity index (χ3n) is 6.63. The van der Waals surface area contributed by atoms with Crippen LogP contribution < -0.4 is 5.32 Å². The summed E-state index contributed by atoms with van der Waals surface area (Å²) in [5.41, 5.74) is 3.80. The molecule has 0 saturated heterocycles. The molecule has 1 aromatic heterocycles. The van der Waals surface area contributed by atoms with Crippen molar-refractivity contribution in [1.29, 1.82) is 0 Å². The standard InChI is InChI=1S/C30H27N3O5S/c34-28(31-20-11-15-22(16-12-20)39-23-17-13-21(14-18-23)33(36)37)19-38-30(35)29-24-7-3-1-2-4-9-26(24)32-27-10-6-5-8-25(27)29/h5-6,8,10-18H,1-4,7,9,19H2,(H,31,34). The first-order chi connectivity index (χ1) is 19.0. The number of carbonyl (C=O) groups is 2. The van der Waals surface area contributed by atoms with E-state index >= 15 is 0 Å². The van der Waals surface area contributed by atoms with E-state index in [0.717, 1.165) is 70.5 Å². The molecule has 39 heavy (non-hydrogen) atoms. The second-order valence-electron chi connectivity index (χ2n) is 9.35. The fourth-order valence-corrected chi connectivity index (χ4v) is 5.55. The lowest BCUT2D eigenvalue weighted by Gasteiger charge is -2.18. The number of hydrogen-bond acceptors (Lipinski definition) is 7. The zero-order valence-corrected chi connectivity index (χ0v) is 22.0. The first-order valence-electron chi connectivity index (χ1n) is 12.9. The summed E-state index contributed by atoms with van der Waals surface area (Å²) in [7, 11) is 0. The summed E-state index contributed by atoms with van der Waals surface area (Å²) < 4.78 is 5.51. The summed E-state index contributed by atoms with van der Waals surface area (Å²) in [5, 5.41) is 14.3. The summed E-state index contributed by atoms with van der Waals surface area (Å²) in [6, 6.07) is 21.1. The highest BCUT2D eigenvalue weighted by Crippen LogP contribution is 2.31. The molecule has 1 heterocycles. The van der Waals surface area contributed by atoms with E-state index < -0.39 is 23.4 Å². The molecular weight excluding hydrogens is 514 g/mol. The van der Waals surface area contributed by atoms with Crippen LogP contribution >= 0.6 is 11.8 Å². The maximum atomic E-state index is 13.3. The van der Waals surface area contributed by atoms with Crippen molar-refractivity contribution in [2.75, 3.05) is 11.9 Å². The molecule has 9 heteroatoms. The normalized spacial score (nSPS) is 13.1. The van der Waals surface area contributed by atoms with E-state index in [-0.39, 0.29) is 5.69 Å². The van der Waals surface area contributed by atoms with Gasteiger partial charge in [-0.05, 0) is 73.7 Å². The molecule has 1 amide bonds. The minimum Gasteiger partial charge on any atom is -0.452 e. The van der Waals surface area contributed by atoms with Gasteiger partial charge in [-0.1, -0.05) is 42.8 Å². The number of pyridine rings is 1. The fourth-order valence-electron chi connectivity index (χ4n) is 4.74. The first-order valence-corrected chi connectivity index (χ1v) is 13.7. The molecule has 0 aliphatic heterocycles. The van der Waals surface area contributed by atoms with E-state index in [1.54, 1.807) is 24.3 Å². The van der Waals surface area contributed by atoms with Gasteiger partial charge in [-0.25, -0.2) is 4.79 Å². The highest BCUT2D eigenvalue weighted by Gasteiger charge is 2.23. The van der Waals surface area contributed by atoms with E-state index in [1.165, 1.54) is 23.9 Å². The smallest absolute Gasteiger partial charge is 0.339 e. The maximum absolute atomic E-state index is 13.3. The van der Waals surface area contributed by atoms with Crippen LogP contribution in [0, 0.1) is 10.1 Å². The molecule has 3 aromatic carbocycles. The summed E-state index contributed by atoms with van der Waals surface area (Å²) in [6.07, 6.45) is 5.92. The number of nitro groups is 1. The van der Waals surface area contributed by atoms with Crippen molar-refractivity contribution < 1.29 is 19.2 Å². The van der Waals surface area contributed by atoms with Crippen LogP contribution in [0.4, 0.5) is 11.4 Å². The Balaban J connectivity index is 1.23. The number of anilines is 1. The van der Waals surface area contributed by atoms with Crippen molar-refractivity contribution in [3.63, 3.8) is 0 Å².